The summed E-state index contributed by atoms with van der Waals surface area (Å²) in [7, 11) is 0. The van der Waals surface area contributed by atoms with Crippen LogP contribution in [-0.4, -0.2) is 18.2 Å². The molecular formula is C17H22O4. The van der Waals surface area contributed by atoms with Gasteiger partial charge in [-0.15, -0.1) is 0 Å². The van der Waals surface area contributed by atoms with Gasteiger partial charge in [0.15, 0.2) is 0 Å². The van der Waals surface area contributed by atoms with Crippen LogP contribution in [0.15, 0.2) is 30.3 Å². The van der Waals surface area contributed by atoms with Crippen molar-refractivity contribution < 1.29 is 19.0 Å². The van der Waals surface area contributed by atoms with E-state index in [4.69, 9.17) is 14.2 Å². The summed E-state index contributed by atoms with van der Waals surface area (Å²) >= 11 is 0. The Morgan fingerprint density at radius 3 is 2.48 bits per heavy atom. The molecule has 4 heteroatoms. The molecule has 0 amide bonds. The molecule has 0 bridgehead atoms. The minimum atomic E-state index is -0.880. The summed E-state index contributed by atoms with van der Waals surface area (Å²) in [5, 5.41) is 0. The summed E-state index contributed by atoms with van der Waals surface area (Å²) in [4.78, 5) is 11.8. The predicted octanol–water partition coefficient (Wildman–Crippen LogP) is 3.61. The minimum Gasteiger partial charge on any atom is -0.460 e. The lowest BCUT2D eigenvalue weighted by Crippen LogP contribution is -2.28. The van der Waals surface area contributed by atoms with Gasteiger partial charge in [-0.2, -0.15) is 0 Å². The number of esters is 1. The van der Waals surface area contributed by atoms with Crippen molar-refractivity contribution in [3.8, 4) is 0 Å². The highest BCUT2D eigenvalue weighted by Crippen LogP contribution is 2.44. The van der Waals surface area contributed by atoms with Gasteiger partial charge in [0.25, 0.3) is 0 Å². The molecule has 0 saturated carbocycles. The average molecular weight is 290 g/mol. The van der Waals surface area contributed by atoms with Gasteiger partial charge in [-0.3, -0.25) is 0 Å². The first-order valence-corrected chi connectivity index (χ1v) is 7.21. The zero-order valence-corrected chi connectivity index (χ0v) is 13.2. The molecular weight excluding hydrogens is 268 g/mol. The minimum absolute atomic E-state index is 0.00465. The third-order valence-corrected chi connectivity index (χ3v) is 3.05. The van der Waals surface area contributed by atoms with E-state index >= 15 is 0 Å². The van der Waals surface area contributed by atoms with Gasteiger partial charge in [-0.25, -0.2) is 4.79 Å². The van der Waals surface area contributed by atoms with Crippen molar-refractivity contribution in [3.05, 3.63) is 41.5 Å². The summed E-state index contributed by atoms with van der Waals surface area (Å²) in [6.45, 7) is 9.38. The van der Waals surface area contributed by atoms with Crippen LogP contribution in [0.25, 0.3) is 5.76 Å². The molecule has 4 nitrogen and oxygen atoms in total. The van der Waals surface area contributed by atoms with Gasteiger partial charge in [-0.05, 0) is 27.7 Å². The maximum absolute atomic E-state index is 11.8. The second kappa shape index (κ2) is 5.90. The summed E-state index contributed by atoms with van der Waals surface area (Å²) in [6, 6.07) is 7.70. The van der Waals surface area contributed by atoms with E-state index in [0.29, 0.717) is 5.76 Å². The Hall–Kier alpha value is -1.81. The molecule has 0 saturated heterocycles. The van der Waals surface area contributed by atoms with Gasteiger partial charge in [0.05, 0.1) is 18.3 Å². The topological polar surface area (TPSA) is 44.8 Å². The summed E-state index contributed by atoms with van der Waals surface area (Å²) in [5.74, 6) is -0.808. The first-order chi connectivity index (χ1) is 9.82. The van der Waals surface area contributed by atoms with Crippen LogP contribution in [0.1, 0.15) is 45.7 Å². The Balaban J connectivity index is 2.35. The lowest BCUT2D eigenvalue weighted by molar-refractivity contribution is -0.207. The molecule has 114 valence electrons. The van der Waals surface area contributed by atoms with Crippen LogP contribution >= 0.6 is 0 Å². The molecule has 1 atom stereocenters. The molecule has 0 spiro atoms. The molecule has 21 heavy (non-hydrogen) atoms. The monoisotopic (exact) mass is 290 g/mol. The second-order valence-corrected chi connectivity index (χ2v) is 5.75. The van der Waals surface area contributed by atoms with E-state index < -0.39 is 11.8 Å². The number of benzene rings is 1. The van der Waals surface area contributed by atoms with Crippen LogP contribution in [0.2, 0.25) is 0 Å². The van der Waals surface area contributed by atoms with E-state index in [-0.39, 0.29) is 12.2 Å². The van der Waals surface area contributed by atoms with Crippen LogP contribution < -0.4 is 0 Å². The van der Waals surface area contributed by atoms with Crippen LogP contribution in [-0.2, 0) is 24.8 Å². The number of hydrogen-bond donors (Lipinski definition) is 0. The van der Waals surface area contributed by atoms with Crippen molar-refractivity contribution in [3.63, 3.8) is 0 Å². The fraction of sp³-hybridized carbons (Fsp3) is 0.471. The van der Waals surface area contributed by atoms with Crippen LogP contribution in [0.5, 0.6) is 0 Å². The van der Waals surface area contributed by atoms with E-state index in [1.807, 2.05) is 58.9 Å². The lowest BCUT2D eigenvalue weighted by atomic mass is 10.0. The highest BCUT2D eigenvalue weighted by atomic mass is 16.7. The Morgan fingerprint density at radius 1 is 1.19 bits per heavy atom. The maximum Gasteiger partial charge on any atom is 0.334 e. The molecule has 0 aromatic heterocycles. The molecule has 1 aromatic rings. The van der Waals surface area contributed by atoms with E-state index in [9.17, 15) is 4.79 Å². The zero-order valence-electron chi connectivity index (χ0n) is 13.2. The van der Waals surface area contributed by atoms with E-state index in [2.05, 4.69) is 0 Å². The number of fused-ring (bicyclic) bond motifs is 1. The fourth-order valence-corrected chi connectivity index (χ4v) is 2.43. The Labute approximate surface area is 125 Å². The van der Waals surface area contributed by atoms with Crippen molar-refractivity contribution >= 4 is 11.7 Å². The van der Waals surface area contributed by atoms with Crippen molar-refractivity contribution in [2.45, 2.75) is 52.6 Å². The Morgan fingerprint density at radius 2 is 1.86 bits per heavy atom. The summed E-state index contributed by atoms with van der Waals surface area (Å²) < 4.78 is 17.0. The van der Waals surface area contributed by atoms with E-state index in [1.165, 1.54) is 6.08 Å². The Bertz CT molecular complexity index is 560. The van der Waals surface area contributed by atoms with E-state index in [1.54, 1.807) is 0 Å². The smallest absolute Gasteiger partial charge is 0.334 e. The molecule has 1 heterocycles. The van der Waals surface area contributed by atoms with Crippen LogP contribution in [0, 0.1) is 0 Å². The molecule has 1 aliphatic heterocycles. The number of carbonyl (C=O) groups excluding carboxylic acids is 1. The molecule has 1 unspecified atom stereocenters. The summed E-state index contributed by atoms with van der Waals surface area (Å²) in [5.41, 5.74) is 1.78. The van der Waals surface area contributed by atoms with Gasteiger partial charge >= 0.3 is 5.97 Å². The van der Waals surface area contributed by atoms with Gasteiger partial charge in [-0.1, -0.05) is 24.3 Å². The third kappa shape index (κ3) is 3.45. The van der Waals surface area contributed by atoms with Gasteiger partial charge in [0.2, 0.25) is 5.79 Å². The van der Waals surface area contributed by atoms with Gasteiger partial charge < -0.3 is 14.2 Å². The molecule has 0 radical (unpaired) electrons. The quantitative estimate of drug-likeness (QED) is 0.627. The Kier molecular flexibility index (Phi) is 4.37. The van der Waals surface area contributed by atoms with Crippen molar-refractivity contribution in [1.82, 2.24) is 0 Å². The maximum atomic E-state index is 11.8. The molecule has 0 fully saturated rings. The molecule has 0 aliphatic carbocycles. The standard InChI is InChI=1S/C17H22O4/c1-11(2)19-16(18)10-15-13-8-6-7-9-14(13)17(5,21-15)20-12(3)4/h6-12H,1-5H3/b15-10+. The highest BCUT2D eigenvalue weighted by molar-refractivity contribution is 5.91. The molecule has 1 aliphatic rings. The number of carbonyl (C=O) groups is 1. The molecule has 2 rings (SSSR count). The SMILES string of the molecule is CC(C)OC(=O)/C=C1/OC(C)(OC(C)C)c2ccccc21. The van der Waals surface area contributed by atoms with Crippen LogP contribution in [0.4, 0.5) is 0 Å². The second-order valence-electron chi connectivity index (χ2n) is 5.75. The average Bonchev–Trinajstić information content (AvgIpc) is 2.61. The van der Waals surface area contributed by atoms with Crippen LogP contribution in [0.3, 0.4) is 0 Å². The molecule has 1 aromatic carbocycles. The van der Waals surface area contributed by atoms with Gasteiger partial charge in [0.1, 0.15) is 5.76 Å². The highest BCUT2D eigenvalue weighted by Gasteiger charge is 2.41. The van der Waals surface area contributed by atoms with Crippen molar-refractivity contribution in [1.29, 1.82) is 0 Å². The zero-order chi connectivity index (χ0) is 15.6. The largest absolute Gasteiger partial charge is 0.460 e. The number of ether oxygens (including phenoxy) is 3. The third-order valence-electron chi connectivity index (χ3n) is 3.05. The van der Waals surface area contributed by atoms with E-state index in [0.717, 1.165) is 11.1 Å². The first-order valence-electron chi connectivity index (χ1n) is 7.21. The van der Waals surface area contributed by atoms with Crippen molar-refractivity contribution in [2.24, 2.45) is 0 Å². The normalized spacial score (nSPS) is 22.5. The fourth-order valence-electron chi connectivity index (χ4n) is 2.43. The lowest BCUT2D eigenvalue weighted by Gasteiger charge is -2.27. The van der Waals surface area contributed by atoms with Crippen molar-refractivity contribution in [2.75, 3.05) is 0 Å². The number of rotatable bonds is 4. The van der Waals surface area contributed by atoms with Gasteiger partial charge in [0, 0.05) is 18.1 Å². The predicted molar refractivity (Wildman–Crippen MR) is 80.3 cm³/mol. The summed E-state index contributed by atoms with van der Waals surface area (Å²) in [6.07, 6.45) is 1.22. The number of hydrogen-bond acceptors (Lipinski definition) is 4. The molecule has 0 N–H and O–H groups in total. The first kappa shape index (κ1) is 15.6.